The molecule has 1 heterocycles. The average molecular weight is 460 g/mol. The first-order valence-corrected chi connectivity index (χ1v) is 11.7. The first kappa shape index (κ1) is 23.4. The third-order valence-electron chi connectivity index (χ3n) is 4.98. The summed E-state index contributed by atoms with van der Waals surface area (Å²) < 4.78 is 32.0. The predicted octanol–water partition coefficient (Wildman–Crippen LogP) is 1.87. The van der Waals surface area contributed by atoms with E-state index in [0.29, 0.717) is 18.7 Å². The molecule has 0 atom stereocenters. The molecule has 3 rings (SSSR count). The molecule has 10 heteroatoms. The average Bonchev–Trinajstić information content (AvgIpc) is 3.12. The van der Waals surface area contributed by atoms with Crippen molar-refractivity contribution in [3.05, 3.63) is 65.7 Å². The minimum atomic E-state index is -3.62. The van der Waals surface area contributed by atoms with Crippen LogP contribution in [0.4, 0.5) is 0 Å². The van der Waals surface area contributed by atoms with Crippen molar-refractivity contribution in [1.29, 1.82) is 0 Å². The Hall–Kier alpha value is -3.24. The van der Waals surface area contributed by atoms with Crippen molar-refractivity contribution in [2.24, 2.45) is 0 Å². The van der Waals surface area contributed by atoms with Crippen molar-refractivity contribution in [3.63, 3.8) is 0 Å². The van der Waals surface area contributed by atoms with Crippen molar-refractivity contribution in [1.82, 2.24) is 15.2 Å². The molecule has 2 aromatic rings. The molecule has 0 unspecified atom stereocenters. The standard InChI is InChI=1S/C22H25N3O6S/c26-20(23-24-21(27)17-8-4-3-5-9-17)16-31-22(28)18-10-12-19(13-11-18)32(29,30)25-14-6-1-2-7-15-25/h3-5,8-13H,1-2,6-7,14-16H2,(H,23,26)(H,24,27). The number of hydrogen-bond acceptors (Lipinski definition) is 6. The minimum Gasteiger partial charge on any atom is -0.452 e. The van der Waals surface area contributed by atoms with E-state index in [1.54, 1.807) is 30.3 Å². The Kier molecular flexibility index (Phi) is 7.96. The van der Waals surface area contributed by atoms with Gasteiger partial charge in [0.2, 0.25) is 10.0 Å². The molecule has 2 amide bonds. The van der Waals surface area contributed by atoms with Crippen LogP contribution in [0.5, 0.6) is 0 Å². The Morgan fingerprint density at radius 1 is 0.812 bits per heavy atom. The fourth-order valence-corrected chi connectivity index (χ4v) is 4.75. The number of rotatable bonds is 6. The van der Waals surface area contributed by atoms with Crippen molar-refractivity contribution >= 4 is 27.8 Å². The maximum Gasteiger partial charge on any atom is 0.338 e. The van der Waals surface area contributed by atoms with Crippen LogP contribution in [0.1, 0.15) is 46.4 Å². The maximum absolute atomic E-state index is 12.8. The van der Waals surface area contributed by atoms with E-state index in [9.17, 15) is 22.8 Å². The second kappa shape index (κ2) is 10.9. The molecule has 0 aromatic heterocycles. The van der Waals surface area contributed by atoms with Gasteiger partial charge in [0.25, 0.3) is 11.8 Å². The number of nitrogens with one attached hydrogen (secondary N) is 2. The van der Waals surface area contributed by atoms with Gasteiger partial charge in [0.1, 0.15) is 0 Å². The van der Waals surface area contributed by atoms with Gasteiger partial charge in [-0.2, -0.15) is 4.31 Å². The first-order valence-electron chi connectivity index (χ1n) is 10.3. The summed E-state index contributed by atoms with van der Waals surface area (Å²) in [6.07, 6.45) is 3.69. The lowest BCUT2D eigenvalue weighted by Crippen LogP contribution is -2.43. The van der Waals surface area contributed by atoms with E-state index in [-0.39, 0.29) is 10.5 Å². The Labute approximate surface area is 186 Å². The van der Waals surface area contributed by atoms with Crippen LogP contribution in [-0.4, -0.2) is 50.2 Å². The lowest BCUT2D eigenvalue weighted by Gasteiger charge is -2.19. The molecule has 0 radical (unpaired) electrons. The van der Waals surface area contributed by atoms with Gasteiger partial charge < -0.3 is 4.74 Å². The number of nitrogens with zero attached hydrogens (tertiary/aromatic N) is 1. The lowest BCUT2D eigenvalue weighted by molar-refractivity contribution is -0.125. The van der Waals surface area contributed by atoms with Crippen molar-refractivity contribution in [2.45, 2.75) is 30.6 Å². The zero-order valence-corrected chi connectivity index (χ0v) is 18.3. The highest BCUT2D eigenvalue weighted by molar-refractivity contribution is 7.89. The number of amides is 2. The Morgan fingerprint density at radius 3 is 2.06 bits per heavy atom. The van der Waals surface area contributed by atoms with Crippen LogP contribution in [0.25, 0.3) is 0 Å². The second-order valence-electron chi connectivity index (χ2n) is 7.29. The van der Waals surface area contributed by atoms with Gasteiger partial charge >= 0.3 is 5.97 Å². The van der Waals surface area contributed by atoms with Gasteiger partial charge in [0.15, 0.2) is 6.61 Å². The summed E-state index contributed by atoms with van der Waals surface area (Å²) in [5.74, 6) is -2.01. The predicted molar refractivity (Wildman–Crippen MR) is 116 cm³/mol. The summed E-state index contributed by atoms with van der Waals surface area (Å²) in [6.45, 7) is 0.367. The van der Waals surface area contributed by atoms with Crippen molar-refractivity contribution < 1.29 is 27.5 Å². The zero-order chi connectivity index (χ0) is 23.0. The molecule has 0 saturated carbocycles. The molecule has 2 N–H and O–H groups in total. The lowest BCUT2D eigenvalue weighted by atomic mass is 10.2. The quantitative estimate of drug-likeness (QED) is 0.502. The van der Waals surface area contributed by atoms with Crippen LogP contribution in [-0.2, 0) is 19.6 Å². The van der Waals surface area contributed by atoms with Crippen LogP contribution < -0.4 is 10.9 Å². The Bertz CT molecular complexity index is 1050. The van der Waals surface area contributed by atoms with E-state index in [2.05, 4.69) is 10.9 Å². The summed E-state index contributed by atoms with van der Waals surface area (Å²) in [5, 5.41) is 0. The van der Waals surface area contributed by atoms with E-state index >= 15 is 0 Å². The number of carbonyl (C=O) groups is 3. The van der Waals surface area contributed by atoms with E-state index < -0.39 is 34.4 Å². The van der Waals surface area contributed by atoms with E-state index in [0.717, 1.165) is 25.7 Å². The molecule has 9 nitrogen and oxygen atoms in total. The number of carbonyl (C=O) groups excluding carboxylic acids is 3. The summed E-state index contributed by atoms with van der Waals surface area (Å²) in [6, 6.07) is 13.7. The fraction of sp³-hybridized carbons (Fsp3) is 0.318. The Balaban J connectivity index is 1.50. The molecule has 170 valence electrons. The maximum atomic E-state index is 12.8. The molecule has 0 spiro atoms. The SMILES string of the molecule is O=C(COC(=O)c1ccc(S(=O)(=O)N2CCCCCC2)cc1)NNC(=O)c1ccccc1. The number of benzene rings is 2. The van der Waals surface area contributed by atoms with Crippen molar-refractivity contribution in [2.75, 3.05) is 19.7 Å². The third kappa shape index (κ3) is 6.14. The van der Waals surface area contributed by atoms with Gasteiger partial charge in [-0.1, -0.05) is 31.0 Å². The minimum absolute atomic E-state index is 0.109. The fourth-order valence-electron chi connectivity index (χ4n) is 3.23. The molecule has 0 aliphatic carbocycles. The van der Waals surface area contributed by atoms with E-state index in [1.807, 2.05) is 0 Å². The van der Waals surface area contributed by atoms with Gasteiger partial charge in [-0.15, -0.1) is 0 Å². The highest BCUT2D eigenvalue weighted by atomic mass is 32.2. The highest BCUT2D eigenvalue weighted by Gasteiger charge is 2.25. The van der Waals surface area contributed by atoms with E-state index in [4.69, 9.17) is 4.74 Å². The molecule has 2 aromatic carbocycles. The van der Waals surface area contributed by atoms with Crippen LogP contribution >= 0.6 is 0 Å². The zero-order valence-electron chi connectivity index (χ0n) is 17.5. The summed E-state index contributed by atoms with van der Waals surface area (Å²) in [5.41, 5.74) is 4.85. The largest absolute Gasteiger partial charge is 0.452 e. The number of hydrazine groups is 1. The topological polar surface area (TPSA) is 122 Å². The summed E-state index contributed by atoms with van der Waals surface area (Å²) in [7, 11) is -3.62. The summed E-state index contributed by atoms with van der Waals surface area (Å²) in [4.78, 5) is 36.0. The van der Waals surface area contributed by atoms with Gasteiger partial charge in [-0.05, 0) is 49.2 Å². The van der Waals surface area contributed by atoms with Gasteiger partial charge in [0, 0.05) is 18.7 Å². The number of sulfonamides is 1. The van der Waals surface area contributed by atoms with Gasteiger partial charge in [-0.3, -0.25) is 20.4 Å². The number of hydrogen-bond donors (Lipinski definition) is 2. The molecule has 1 fully saturated rings. The number of esters is 1. The molecule has 1 aliphatic rings. The number of ether oxygens (including phenoxy) is 1. The monoisotopic (exact) mass is 459 g/mol. The second-order valence-corrected chi connectivity index (χ2v) is 9.23. The third-order valence-corrected chi connectivity index (χ3v) is 6.89. The molecule has 1 saturated heterocycles. The van der Waals surface area contributed by atoms with Crippen LogP contribution in [0, 0.1) is 0 Å². The molecular formula is C22H25N3O6S. The molecule has 1 aliphatic heterocycles. The van der Waals surface area contributed by atoms with Crippen LogP contribution in [0.15, 0.2) is 59.5 Å². The Morgan fingerprint density at radius 2 is 1.44 bits per heavy atom. The van der Waals surface area contributed by atoms with Gasteiger partial charge in [0.05, 0.1) is 10.5 Å². The van der Waals surface area contributed by atoms with Gasteiger partial charge in [-0.25, -0.2) is 13.2 Å². The highest BCUT2D eigenvalue weighted by Crippen LogP contribution is 2.20. The normalized spacial score (nSPS) is 14.8. The molecular weight excluding hydrogens is 434 g/mol. The molecule has 32 heavy (non-hydrogen) atoms. The first-order chi connectivity index (χ1) is 15.4. The van der Waals surface area contributed by atoms with Crippen molar-refractivity contribution in [3.8, 4) is 0 Å². The van der Waals surface area contributed by atoms with E-state index in [1.165, 1.54) is 28.6 Å². The summed E-state index contributed by atoms with van der Waals surface area (Å²) >= 11 is 0. The smallest absolute Gasteiger partial charge is 0.338 e. The molecule has 0 bridgehead atoms. The van der Waals surface area contributed by atoms with Crippen LogP contribution in [0.2, 0.25) is 0 Å². The van der Waals surface area contributed by atoms with Crippen LogP contribution in [0.3, 0.4) is 0 Å².